The monoisotopic (exact) mass is 225 g/mol. The molecule has 5 nitrogen and oxygen atoms in total. The Morgan fingerprint density at radius 1 is 1.38 bits per heavy atom. The fraction of sp³-hybridized carbons (Fsp3) is 0.364. The van der Waals surface area contributed by atoms with Crippen LogP contribution in [0.1, 0.15) is 15.9 Å². The molecular formula is C11H15NO4. The molecule has 16 heavy (non-hydrogen) atoms. The van der Waals surface area contributed by atoms with Crippen molar-refractivity contribution < 1.29 is 20.1 Å². The third-order valence-electron chi connectivity index (χ3n) is 2.27. The second kappa shape index (κ2) is 5.48. The van der Waals surface area contributed by atoms with Crippen molar-refractivity contribution >= 4 is 11.7 Å². The number of benzene rings is 1. The van der Waals surface area contributed by atoms with Gasteiger partial charge in [0.15, 0.2) is 0 Å². The molecule has 0 heterocycles. The Balaban J connectivity index is 2.84. The molecular weight excluding hydrogens is 210 g/mol. The maximum Gasteiger partial charge on any atom is 0.335 e. The Morgan fingerprint density at radius 3 is 2.44 bits per heavy atom. The summed E-state index contributed by atoms with van der Waals surface area (Å²) in [6, 6.07) is 4.33. The molecule has 4 N–H and O–H groups in total. The lowest BCUT2D eigenvalue weighted by Gasteiger charge is -2.15. The molecule has 0 saturated heterocycles. The molecule has 0 aliphatic rings. The highest BCUT2D eigenvalue weighted by Crippen LogP contribution is 2.15. The summed E-state index contributed by atoms with van der Waals surface area (Å²) in [6.07, 6.45) is 0. The number of aryl methyl sites for hydroxylation is 1. The number of carbonyl (C=O) groups is 1. The molecule has 0 aliphatic carbocycles. The topological polar surface area (TPSA) is 89.8 Å². The van der Waals surface area contributed by atoms with Gasteiger partial charge in [-0.1, -0.05) is 0 Å². The summed E-state index contributed by atoms with van der Waals surface area (Å²) in [4.78, 5) is 10.8. The molecule has 88 valence electrons. The summed E-state index contributed by atoms with van der Waals surface area (Å²) in [5.74, 6) is -0.968. The fourth-order valence-corrected chi connectivity index (χ4v) is 1.38. The predicted octanol–water partition coefficient (Wildman–Crippen LogP) is 0.458. The van der Waals surface area contributed by atoms with Crippen molar-refractivity contribution in [2.45, 2.75) is 13.0 Å². The number of hydrogen-bond donors (Lipinski definition) is 4. The van der Waals surface area contributed by atoms with Gasteiger partial charge in [-0.05, 0) is 30.7 Å². The van der Waals surface area contributed by atoms with Gasteiger partial charge >= 0.3 is 5.97 Å². The Morgan fingerprint density at radius 2 is 2.00 bits per heavy atom. The minimum absolute atomic E-state index is 0.184. The molecule has 5 heteroatoms. The lowest BCUT2D eigenvalue weighted by atomic mass is 10.1. The summed E-state index contributed by atoms with van der Waals surface area (Å²) < 4.78 is 0. The number of aliphatic hydroxyl groups excluding tert-OH is 2. The summed E-state index contributed by atoms with van der Waals surface area (Å²) in [7, 11) is 0. The zero-order valence-corrected chi connectivity index (χ0v) is 8.97. The zero-order valence-electron chi connectivity index (χ0n) is 8.97. The number of carboxylic acid groups (broad SMARTS) is 1. The lowest BCUT2D eigenvalue weighted by molar-refractivity contribution is 0.0696. The first-order chi connectivity index (χ1) is 7.58. The van der Waals surface area contributed by atoms with Crippen LogP contribution >= 0.6 is 0 Å². The highest BCUT2D eigenvalue weighted by Gasteiger charge is 2.09. The van der Waals surface area contributed by atoms with Crippen LogP contribution in [0, 0.1) is 6.92 Å². The third kappa shape index (κ3) is 2.95. The smallest absolute Gasteiger partial charge is 0.335 e. The Labute approximate surface area is 93.4 Å². The van der Waals surface area contributed by atoms with Crippen LogP contribution in [0.15, 0.2) is 18.2 Å². The van der Waals surface area contributed by atoms with E-state index in [2.05, 4.69) is 5.32 Å². The first-order valence-corrected chi connectivity index (χ1v) is 4.90. The van der Waals surface area contributed by atoms with Crippen LogP contribution in [0.5, 0.6) is 0 Å². The van der Waals surface area contributed by atoms with Crippen molar-refractivity contribution in [2.24, 2.45) is 0 Å². The van der Waals surface area contributed by atoms with Crippen LogP contribution in [0.4, 0.5) is 5.69 Å². The van der Waals surface area contributed by atoms with Gasteiger partial charge in [-0.3, -0.25) is 0 Å². The predicted molar refractivity (Wildman–Crippen MR) is 59.7 cm³/mol. The lowest BCUT2D eigenvalue weighted by Crippen LogP contribution is -2.27. The molecule has 0 aromatic heterocycles. The van der Waals surface area contributed by atoms with E-state index in [9.17, 15) is 4.79 Å². The summed E-state index contributed by atoms with van der Waals surface area (Å²) >= 11 is 0. The standard InChI is InChI=1S/C11H15NO4/c1-7-4-8(12-9(5-13)6-14)2-3-10(7)11(15)16/h2-4,9,12-14H,5-6H2,1H3,(H,15,16). The first kappa shape index (κ1) is 12.5. The van der Waals surface area contributed by atoms with Gasteiger partial charge in [-0.25, -0.2) is 4.79 Å². The van der Waals surface area contributed by atoms with Crippen molar-refractivity contribution in [2.75, 3.05) is 18.5 Å². The third-order valence-corrected chi connectivity index (χ3v) is 2.27. The van der Waals surface area contributed by atoms with Gasteiger partial charge in [0.2, 0.25) is 0 Å². The molecule has 0 spiro atoms. The summed E-state index contributed by atoms with van der Waals surface area (Å²) in [6.45, 7) is 1.33. The number of anilines is 1. The van der Waals surface area contributed by atoms with Crippen molar-refractivity contribution in [3.05, 3.63) is 29.3 Å². The quantitative estimate of drug-likeness (QED) is 0.584. The van der Waals surface area contributed by atoms with E-state index >= 15 is 0 Å². The number of hydrogen-bond acceptors (Lipinski definition) is 4. The highest BCUT2D eigenvalue weighted by molar-refractivity contribution is 5.89. The molecule has 0 aliphatic heterocycles. The largest absolute Gasteiger partial charge is 0.478 e. The van der Waals surface area contributed by atoms with Gasteiger partial charge in [-0.2, -0.15) is 0 Å². The van der Waals surface area contributed by atoms with E-state index in [1.165, 1.54) is 6.07 Å². The van der Waals surface area contributed by atoms with Gasteiger partial charge in [-0.15, -0.1) is 0 Å². The fourth-order valence-electron chi connectivity index (χ4n) is 1.38. The van der Waals surface area contributed by atoms with Gasteiger partial charge in [0.25, 0.3) is 0 Å². The molecule has 0 radical (unpaired) electrons. The average molecular weight is 225 g/mol. The minimum Gasteiger partial charge on any atom is -0.478 e. The van der Waals surface area contributed by atoms with Crippen LogP contribution < -0.4 is 5.32 Å². The van der Waals surface area contributed by atoms with E-state index in [1.54, 1.807) is 19.1 Å². The Hall–Kier alpha value is -1.59. The van der Waals surface area contributed by atoms with E-state index in [-0.39, 0.29) is 18.8 Å². The van der Waals surface area contributed by atoms with Crippen LogP contribution in [-0.4, -0.2) is 40.5 Å². The molecule has 1 aromatic rings. The molecule has 0 fully saturated rings. The number of carboxylic acids is 1. The minimum atomic E-state index is -0.968. The van der Waals surface area contributed by atoms with Crippen LogP contribution in [0.25, 0.3) is 0 Å². The molecule has 0 unspecified atom stereocenters. The van der Waals surface area contributed by atoms with Gasteiger partial charge in [0, 0.05) is 5.69 Å². The molecule has 0 amide bonds. The van der Waals surface area contributed by atoms with Crippen LogP contribution in [0.2, 0.25) is 0 Å². The van der Waals surface area contributed by atoms with E-state index in [4.69, 9.17) is 15.3 Å². The van der Waals surface area contributed by atoms with Crippen molar-refractivity contribution in [3.8, 4) is 0 Å². The molecule has 1 aromatic carbocycles. The maximum atomic E-state index is 10.8. The van der Waals surface area contributed by atoms with Gasteiger partial charge < -0.3 is 20.6 Å². The second-order valence-electron chi connectivity index (χ2n) is 3.54. The SMILES string of the molecule is Cc1cc(NC(CO)CO)ccc1C(=O)O. The molecule has 0 atom stereocenters. The Bertz CT molecular complexity index is 374. The van der Waals surface area contributed by atoms with Crippen molar-refractivity contribution in [3.63, 3.8) is 0 Å². The van der Waals surface area contributed by atoms with Crippen molar-refractivity contribution in [1.29, 1.82) is 0 Å². The van der Waals surface area contributed by atoms with E-state index < -0.39 is 12.0 Å². The number of nitrogens with one attached hydrogen (secondary N) is 1. The first-order valence-electron chi connectivity index (χ1n) is 4.90. The number of aromatic carboxylic acids is 1. The average Bonchev–Trinajstić information content (AvgIpc) is 2.25. The summed E-state index contributed by atoms with van der Waals surface area (Å²) in [5.41, 5.74) is 1.55. The normalized spacial score (nSPS) is 10.5. The molecule has 0 saturated carbocycles. The number of rotatable bonds is 5. The van der Waals surface area contributed by atoms with Crippen molar-refractivity contribution in [1.82, 2.24) is 0 Å². The van der Waals surface area contributed by atoms with E-state index in [0.717, 1.165) is 0 Å². The van der Waals surface area contributed by atoms with Gasteiger partial charge in [0.05, 0.1) is 24.8 Å². The highest BCUT2D eigenvalue weighted by atomic mass is 16.4. The summed E-state index contributed by atoms with van der Waals surface area (Å²) in [5, 5.41) is 29.5. The number of aliphatic hydroxyl groups is 2. The van der Waals surface area contributed by atoms with E-state index in [0.29, 0.717) is 11.3 Å². The maximum absolute atomic E-state index is 10.8. The van der Waals surface area contributed by atoms with E-state index in [1.807, 2.05) is 0 Å². The van der Waals surface area contributed by atoms with Crippen LogP contribution in [-0.2, 0) is 0 Å². The zero-order chi connectivity index (χ0) is 12.1. The second-order valence-corrected chi connectivity index (χ2v) is 3.54. The Kier molecular flexibility index (Phi) is 4.28. The van der Waals surface area contributed by atoms with Crippen LogP contribution in [0.3, 0.4) is 0 Å². The molecule has 1 rings (SSSR count). The molecule has 0 bridgehead atoms. The van der Waals surface area contributed by atoms with Gasteiger partial charge in [0.1, 0.15) is 0 Å².